The summed E-state index contributed by atoms with van der Waals surface area (Å²) in [6, 6.07) is 8.54. The first kappa shape index (κ1) is 12.5. The molecule has 0 atom stereocenters. The van der Waals surface area contributed by atoms with Crippen LogP contribution >= 0.6 is 11.5 Å². The van der Waals surface area contributed by atoms with Crippen molar-refractivity contribution in [2.75, 3.05) is 4.72 Å². The molecule has 0 saturated heterocycles. The van der Waals surface area contributed by atoms with Crippen LogP contribution in [0.2, 0.25) is 0 Å². The third kappa shape index (κ3) is 3.03. The molecule has 8 heteroatoms. The zero-order valence-electron chi connectivity index (χ0n) is 9.07. The summed E-state index contributed by atoms with van der Waals surface area (Å²) < 4.78 is 29.6. The number of aromatic nitrogens is 2. The van der Waals surface area contributed by atoms with Crippen LogP contribution in [0.3, 0.4) is 0 Å². The maximum atomic E-state index is 11.9. The Morgan fingerprint density at radius 1 is 1.39 bits per heavy atom. The molecule has 0 bridgehead atoms. The maximum absolute atomic E-state index is 11.9. The Morgan fingerprint density at radius 3 is 2.83 bits per heavy atom. The number of nitriles is 1. The molecule has 0 aliphatic heterocycles. The van der Waals surface area contributed by atoms with Gasteiger partial charge in [-0.05, 0) is 11.6 Å². The smallest absolute Gasteiger partial charge is 0.237 e. The first-order valence-electron chi connectivity index (χ1n) is 4.86. The molecular weight excluding hydrogens is 272 g/mol. The molecule has 1 aromatic carbocycles. The van der Waals surface area contributed by atoms with E-state index in [1.54, 1.807) is 24.3 Å². The van der Waals surface area contributed by atoms with Crippen LogP contribution in [0.5, 0.6) is 0 Å². The van der Waals surface area contributed by atoms with Crippen LogP contribution in [0.4, 0.5) is 5.00 Å². The SMILES string of the molecule is N#Cc1ccccc1CS(=O)(=O)Nc1cnns1. The van der Waals surface area contributed by atoms with E-state index >= 15 is 0 Å². The van der Waals surface area contributed by atoms with Gasteiger partial charge in [0.15, 0.2) is 0 Å². The molecular formula is C10H8N4O2S2. The molecule has 6 nitrogen and oxygen atoms in total. The highest BCUT2D eigenvalue weighted by Gasteiger charge is 2.15. The van der Waals surface area contributed by atoms with Gasteiger partial charge in [-0.15, -0.1) is 5.10 Å². The minimum Gasteiger partial charge on any atom is -0.271 e. The lowest BCUT2D eigenvalue weighted by Gasteiger charge is -2.06. The van der Waals surface area contributed by atoms with E-state index in [1.165, 1.54) is 6.20 Å². The highest BCUT2D eigenvalue weighted by molar-refractivity contribution is 7.92. The highest BCUT2D eigenvalue weighted by atomic mass is 32.2. The number of benzene rings is 1. The fraction of sp³-hybridized carbons (Fsp3) is 0.100. The Morgan fingerprint density at radius 2 is 2.17 bits per heavy atom. The summed E-state index contributed by atoms with van der Waals surface area (Å²) in [6.07, 6.45) is 1.33. The largest absolute Gasteiger partial charge is 0.271 e. The summed E-state index contributed by atoms with van der Waals surface area (Å²) in [7, 11) is -3.56. The number of anilines is 1. The monoisotopic (exact) mass is 280 g/mol. The molecule has 0 radical (unpaired) electrons. The van der Waals surface area contributed by atoms with Crippen LogP contribution in [0, 0.1) is 11.3 Å². The lowest BCUT2D eigenvalue weighted by Crippen LogP contribution is -2.15. The minimum absolute atomic E-state index is 0.255. The van der Waals surface area contributed by atoms with E-state index in [-0.39, 0.29) is 5.75 Å². The van der Waals surface area contributed by atoms with Gasteiger partial charge in [-0.1, -0.05) is 22.7 Å². The van der Waals surface area contributed by atoms with Crippen molar-refractivity contribution in [1.82, 2.24) is 9.59 Å². The Hall–Kier alpha value is -1.98. The van der Waals surface area contributed by atoms with Crippen LogP contribution in [0.1, 0.15) is 11.1 Å². The molecule has 1 N–H and O–H groups in total. The zero-order chi connectivity index (χ0) is 13.0. The highest BCUT2D eigenvalue weighted by Crippen LogP contribution is 2.16. The summed E-state index contributed by atoms with van der Waals surface area (Å²) in [4.78, 5) is 0. The van der Waals surface area contributed by atoms with Crippen molar-refractivity contribution in [2.45, 2.75) is 5.75 Å². The van der Waals surface area contributed by atoms with Gasteiger partial charge in [-0.25, -0.2) is 8.42 Å². The molecule has 92 valence electrons. The molecule has 2 rings (SSSR count). The van der Waals surface area contributed by atoms with Gasteiger partial charge in [0.1, 0.15) is 5.00 Å². The number of nitrogens with one attached hydrogen (secondary N) is 1. The summed E-state index contributed by atoms with van der Waals surface area (Å²) in [5.41, 5.74) is 0.815. The molecule has 2 aromatic rings. The van der Waals surface area contributed by atoms with E-state index < -0.39 is 10.0 Å². The van der Waals surface area contributed by atoms with Gasteiger partial charge < -0.3 is 0 Å². The van der Waals surface area contributed by atoms with Crippen LogP contribution in [0.25, 0.3) is 0 Å². The van der Waals surface area contributed by atoms with E-state index in [0.29, 0.717) is 16.1 Å². The molecule has 1 aromatic heterocycles. The summed E-state index contributed by atoms with van der Waals surface area (Å²) in [6.45, 7) is 0. The number of rotatable bonds is 4. The van der Waals surface area contributed by atoms with Gasteiger partial charge in [0, 0.05) is 11.5 Å². The fourth-order valence-electron chi connectivity index (χ4n) is 1.36. The molecule has 0 amide bonds. The Labute approximate surface area is 108 Å². The van der Waals surface area contributed by atoms with Crippen molar-refractivity contribution in [1.29, 1.82) is 5.26 Å². The number of hydrogen-bond donors (Lipinski definition) is 1. The van der Waals surface area contributed by atoms with Crippen LogP contribution < -0.4 is 4.72 Å². The Bertz CT molecular complexity index is 674. The lowest BCUT2D eigenvalue weighted by molar-refractivity contribution is 0.600. The molecule has 18 heavy (non-hydrogen) atoms. The fourth-order valence-corrected chi connectivity index (χ4v) is 3.26. The molecule has 0 aliphatic carbocycles. The van der Waals surface area contributed by atoms with E-state index in [1.807, 2.05) is 6.07 Å². The number of hydrogen-bond acceptors (Lipinski definition) is 6. The predicted molar refractivity (Wildman–Crippen MR) is 67.3 cm³/mol. The van der Waals surface area contributed by atoms with Gasteiger partial charge in [0.05, 0.1) is 23.6 Å². The third-order valence-electron chi connectivity index (χ3n) is 2.10. The average molecular weight is 280 g/mol. The Kier molecular flexibility index (Phi) is 3.55. The van der Waals surface area contributed by atoms with Gasteiger partial charge >= 0.3 is 0 Å². The third-order valence-corrected chi connectivity index (χ3v) is 4.03. The standard InChI is InChI=1S/C10H8N4O2S2/c11-5-8-3-1-2-4-9(8)7-18(15,16)13-10-6-12-14-17-10/h1-4,6,13H,7H2. The average Bonchev–Trinajstić information content (AvgIpc) is 2.81. The van der Waals surface area contributed by atoms with E-state index in [0.717, 1.165) is 11.5 Å². The van der Waals surface area contributed by atoms with Crippen molar-refractivity contribution in [3.8, 4) is 6.07 Å². The molecule has 1 heterocycles. The predicted octanol–water partition coefficient (Wildman–Crippen LogP) is 1.35. The maximum Gasteiger partial charge on any atom is 0.237 e. The van der Waals surface area contributed by atoms with Gasteiger partial charge in [-0.3, -0.25) is 4.72 Å². The second-order valence-corrected chi connectivity index (χ2v) is 5.92. The second-order valence-electron chi connectivity index (χ2n) is 3.41. The zero-order valence-corrected chi connectivity index (χ0v) is 10.7. The molecule has 0 spiro atoms. The lowest BCUT2D eigenvalue weighted by atomic mass is 10.1. The van der Waals surface area contributed by atoms with Gasteiger partial charge in [0.25, 0.3) is 0 Å². The first-order valence-corrected chi connectivity index (χ1v) is 7.29. The Balaban J connectivity index is 2.21. The quantitative estimate of drug-likeness (QED) is 0.912. The van der Waals surface area contributed by atoms with Crippen molar-refractivity contribution in [3.63, 3.8) is 0 Å². The van der Waals surface area contributed by atoms with Crippen molar-refractivity contribution in [2.24, 2.45) is 0 Å². The number of nitrogens with zero attached hydrogens (tertiary/aromatic N) is 3. The number of sulfonamides is 1. The van der Waals surface area contributed by atoms with Crippen molar-refractivity contribution < 1.29 is 8.42 Å². The molecule has 0 fully saturated rings. The van der Waals surface area contributed by atoms with Crippen LogP contribution in [-0.2, 0) is 15.8 Å². The van der Waals surface area contributed by atoms with Crippen molar-refractivity contribution in [3.05, 3.63) is 41.6 Å². The summed E-state index contributed by atoms with van der Waals surface area (Å²) >= 11 is 0.954. The first-order chi connectivity index (χ1) is 8.61. The van der Waals surface area contributed by atoms with Gasteiger partial charge in [0.2, 0.25) is 10.0 Å². The minimum atomic E-state index is -3.56. The van der Waals surface area contributed by atoms with E-state index in [4.69, 9.17) is 5.26 Å². The topological polar surface area (TPSA) is 95.7 Å². The molecule has 0 aliphatic rings. The second kappa shape index (κ2) is 5.12. The van der Waals surface area contributed by atoms with E-state index in [2.05, 4.69) is 14.3 Å². The van der Waals surface area contributed by atoms with Crippen molar-refractivity contribution >= 4 is 26.6 Å². The molecule has 0 unspecified atom stereocenters. The summed E-state index contributed by atoms with van der Waals surface area (Å²) in [5.74, 6) is -0.255. The summed E-state index contributed by atoms with van der Waals surface area (Å²) in [5, 5.41) is 12.8. The van der Waals surface area contributed by atoms with Crippen LogP contribution in [0.15, 0.2) is 30.5 Å². The normalized spacial score (nSPS) is 10.8. The van der Waals surface area contributed by atoms with Crippen LogP contribution in [-0.4, -0.2) is 18.0 Å². The van der Waals surface area contributed by atoms with Gasteiger partial charge in [-0.2, -0.15) is 5.26 Å². The van der Waals surface area contributed by atoms with E-state index in [9.17, 15) is 8.42 Å². The molecule has 0 saturated carbocycles.